The summed E-state index contributed by atoms with van der Waals surface area (Å²) in [5, 5.41) is 9.07. The van der Waals surface area contributed by atoms with Crippen LogP contribution < -0.4 is 0 Å². The Morgan fingerprint density at radius 2 is 1.65 bits per heavy atom. The van der Waals surface area contributed by atoms with Crippen molar-refractivity contribution in [1.82, 2.24) is 9.80 Å². The summed E-state index contributed by atoms with van der Waals surface area (Å²) in [5.74, 6) is 1.06. The fraction of sp³-hybridized carbons (Fsp3) is 0.933. The molecule has 0 aromatic heterocycles. The van der Waals surface area contributed by atoms with Crippen LogP contribution in [0.2, 0.25) is 0 Å². The highest BCUT2D eigenvalue weighted by Gasteiger charge is 2.19. The molecule has 0 spiro atoms. The SMILES string of the molecule is COCCN(CCO)CC(=O)N(CC(C)C)CC(C)C. The van der Waals surface area contributed by atoms with E-state index in [2.05, 4.69) is 27.7 Å². The molecular weight excluding hydrogens is 256 g/mol. The molecule has 0 aromatic carbocycles. The monoisotopic (exact) mass is 288 g/mol. The summed E-state index contributed by atoms with van der Waals surface area (Å²) in [6, 6.07) is 0. The van der Waals surface area contributed by atoms with Crippen LogP contribution in [0, 0.1) is 11.8 Å². The van der Waals surface area contributed by atoms with Crippen LogP contribution in [0.1, 0.15) is 27.7 Å². The van der Waals surface area contributed by atoms with Gasteiger partial charge in [-0.1, -0.05) is 27.7 Å². The molecule has 0 saturated carbocycles. The molecule has 0 aromatic rings. The molecular formula is C15H32N2O3. The Labute approximate surface area is 123 Å². The van der Waals surface area contributed by atoms with E-state index in [0.29, 0.717) is 38.1 Å². The van der Waals surface area contributed by atoms with Crippen LogP contribution >= 0.6 is 0 Å². The van der Waals surface area contributed by atoms with E-state index >= 15 is 0 Å². The molecule has 20 heavy (non-hydrogen) atoms. The van der Waals surface area contributed by atoms with E-state index in [4.69, 9.17) is 9.84 Å². The zero-order valence-electron chi connectivity index (χ0n) is 13.8. The number of methoxy groups -OCH3 is 1. The molecule has 5 heteroatoms. The smallest absolute Gasteiger partial charge is 0.236 e. The average molecular weight is 288 g/mol. The number of hydrogen-bond donors (Lipinski definition) is 1. The van der Waals surface area contributed by atoms with Gasteiger partial charge in [0.1, 0.15) is 0 Å². The predicted octanol–water partition coefficient (Wildman–Crippen LogP) is 1.07. The van der Waals surface area contributed by atoms with Crippen molar-refractivity contribution in [3.8, 4) is 0 Å². The summed E-state index contributed by atoms with van der Waals surface area (Å²) in [5.41, 5.74) is 0. The number of carbonyl (C=O) groups excluding carboxylic acids is 1. The topological polar surface area (TPSA) is 53.0 Å². The maximum Gasteiger partial charge on any atom is 0.236 e. The normalized spacial score (nSPS) is 11.7. The van der Waals surface area contributed by atoms with Gasteiger partial charge in [0.05, 0.1) is 19.8 Å². The molecule has 0 unspecified atom stereocenters. The molecule has 120 valence electrons. The van der Waals surface area contributed by atoms with Gasteiger partial charge in [-0.25, -0.2) is 0 Å². The van der Waals surface area contributed by atoms with E-state index in [1.165, 1.54) is 0 Å². The summed E-state index contributed by atoms with van der Waals surface area (Å²) in [4.78, 5) is 16.3. The molecule has 0 aliphatic carbocycles. The Hall–Kier alpha value is -0.650. The van der Waals surface area contributed by atoms with E-state index in [9.17, 15) is 4.79 Å². The van der Waals surface area contributed by atoms with Crippen LogP contribution in [0.4, 0.5) is 0 Å². The first kappa shape index (κ1) is 19.4. The highest BCUT2D eigenvalue weighted by atomic mass is 16.5. The molecule has 0 atom stereocenters. The zero-order chi connectivity index (χ0) is 15.5. The van der Waals surface area contributed by atoms with Crippen molar-refractivity contribution in [3.63, 3.8) is 0 Å². The quantitative estimate of drug-likeness (QED) is 0.618. The van der Waals surface area contributed by atoms with Crippen molar-refractivity contribution in [1.29, 1.82) is 0 Å². The Morgan fingerprint density at radius 3 is 2.05 bits per heavy atom. The lowest BCUT2D eigenvalue weighted by Crippen LogP contribution is -2.45. The van der Waals surface area contributed by atoms with Gasteiger partial charge in [-0.15, -0.1) is 0 Å². The molecule has 1 amide bonds. The Morgan fingerprint density at radius 1 is 1.10 bits per heavy atom. The van der Waals surface area contributed by atoms with Gasteiger partial charge in [-0.2, -0.15) is 0 Å². The number of nitrogens with zero attached hydrogens (tertiary/aromatic N) is 2. The van der Waals surface area contributed by atoms with Crippen LogP contribution in [0.3, 0.4) is 0 Å². The largest absolute Gasteiger partial charge is 0.395 e. The fourth-order valence-corrected chi connectivity index (χ4v) is 2.08. The van der Waals surface area contributed by atoms with Gasteiger partial charge in [0, 0.05) is 33.3 Å². The van der Waals surface area contributed by atoms with Gasteiger partial charge >= 0.3 is 0 Å². The molecule has 0 aliphatic heterocycles. The summed E-state index contributed by atoms with van der Waals surface area (Å²) in [6.45, 7) is 12.2. The summed E-state index contributed by atoms with van der Waals surface area (Å²) in [7, 11) is 1.64. The Kier molecular flexibility index (Phi) is 10.7. The van der Waals surface area contributed by atoms with E-state index in [0.717, 1.165) is 13.1 Å². The Bertz CT molecular complexity index is 248. The third-order valence-electron chi connectivity index (χ3n) is 2.91. The first-order valence-electron chi connectivity index (χ1n) is 7.50. The molecule has 5 nitrogen and oxygen atoms in total. The van der Waals surface area contributed by atoms with Gasteiger partial charge in [0.15, 0.2) is 0 Å². The van der Waals surface area contributed by atoms with Crippen LogP contribution in [0.5, 0.6) is 0 Å². The van der Waals surface area contributed by atoms with E-state index in [-0.39, 0.29) is 12.5 Å². The lowest BCUT2D eigenvalue weighted by atomic mass is 10.1. The predicted molar refractivity (Wildman–Crippen MR) is 81.7 cm³/mol. The molecule has 0 heterocycles. The number of amides is 1. The summed E-state index contributed by atoms with van der Waals surface area (Å²) < 4.78 is 5.04. The summed E-state index contributed by atoms with van der Waals surface area (Å²) >= 11 is 0. The molecule has 0 fully saturated rings. The van der Waals surface area contributed by atoms with E-state index in [1.807, 2.05) is 9.80 Å². The standard InChI is InChI=1S/C15H32N2O3/c1-13(2)10-17(11-14(3)4)15(19)12-16(6-8-18)7-9-20-5/h13-14,18H,6-12H2,1-5H3. The number of ether oxygens (including phenoxy) is 1. The minimum atomic E-state index is 0.0609. The minimum Gasteiger partial charge on any atom is -0.395 e. The van der Waals surface area contributed by atoms with Crippen molar-refractivity contribution >= 4 is 5.91 Å². The average Bonchev–Trinajstić information content (AvgIpc) is 2.34. The maximum absolute atomic E-state index is 12.4. The zero-order valence-corrected chi connectivity index (χ0v) is 13.8. The van der Waals surface area contributed by atoms with Crippen molar-refractivity contribution in [3.05, 3.63) is 0 Å². The first-order chi connectivity index (χ1) is 9.40. The number of carbonyl (C=O) groups is 1. The highest BCUT2D eigenvalue weighted by Crippen LogP contribution is 2.05. The van der Waals surface area contributed by atoms with Crippen molar-refractivity contribution < 1.29 is 14.6 Å². The van der Waals surface area contributed by atoms with Crippen molar-refractivity contribution in [2.45, 2.75) is 27.7 Å². The van der Waals surface area contributed by atoms with Gasteiger partial charge in [0.25, 0.3) is 0 Å². The van der Waals surface area contributed by atoms with Crippen LogP contribution in [0.15, 0.2) is 0 Å². The van der Waals surface area contributed by atoms with Crippen LogP contribution in [0.25, 0.3) is 0 Å². The Balaban J connectivity index is 4.51. The number of hydrogen-bond acceptors (Lipinski definition) is 4. The first-order valence-corrected chi connectivity index (χ1v) is 7.50. The van der Waals surface area contributed by atoms with E-state index < -0.39 is 0 Å². The second-order valence-electron chi connectivity index (χ2n) is 6.08. The second-order valence-corrected chi connectivity index (χ2v) is 6.08. The highest BCUT2D eigenvalue weighted by molar-refractivity contribution is 5.78. The molecule has 1 N–H and O–H groups in total. The molecule has 0 rings (SSSR count). The van der Waals surface area contributed by atoms with Gasteiger partial charge in [0.2, 0.25) is 5.91 Å². The van der Waals surface area contributed by atoms with Crippen LogP contribution in [-0.4, -0.2) is 73.9 Å². The lowest BCUT2D eigenvalue weighted by molar-refractivity contribution is -0.133. The third-order valence-corrected chi connectivity index (χ3v) is 2.91. The minimum absolute atomic E-state index is 0.0609. The van der Waals surface area contributed by atoms with Gasteiger partial charge in [-0.3, -0.25) is 9.69 Å². The number of aliphatic hydroxyl groups excluding tert-OH is 1. The van der Waals surface area contributed by atoms with Crippen LogP contribution in [-0.2, 0) is 9.53 Å². The molecule has 0 bridgehead atoms. The third kappa shape index (κ3) is 9.28. The number of rotatable bonds is 11. The van der Waals surface area contributed by atoms with Gasteiger partial charge < -0.3 is 14.7 Å². The number of aliphatic hydroxyl groups is 1. The van der Waals surface area contributed by atoms with E-state index in [1.54, 1.807) is 7.11 Å². The van der Waals surface area contributed by atoms with Gasteiger partial charge in [-0.05, 0) is 11.8 Å². The molecule has 0 radical (unpaired) electrons. The fourth-order valence-electron chi connectivity index (χ4n) is 2.08. The molecule has 0 aliphatic rings. The lowest BCUT2D eigenvalue weighted by Gasteiger charge is -2.29. The second kappa shape index (κ2) is 11.1. The maximum atomic E-state index is 12.4. The van der Waals surface area contributed by atoms with Crippen molar-refractivity contribution in [2.75, 3.05) is 53.0 Å². The summed E-state index contributed by atoms with van der Waals surface area (Å²) in [6.07, 6.45) is 0. The molecule has 0 saturated heterocycles. The van der Waals surface area contributed by atoms with Crippen molar-refractivity contribution in [2.24, 2.45) is 11.8 Å².